The molecule has 2 aliphatic heterocycles. The Morgan fingerprint density at radius 1 is 1.00 bits per heavy atom. The summed E-state index contributed by atoms with van der Waals surface area (Å²) in [5, 5.41) is 5.34. The first-order valence-corrected chi connectivity index (χ1v) is 10.6. The van der Waals surface area contributed by atoms with Crippen molar-refractivity contribution >= 4 is 28.4 Å². The zero-order chi connectivity index (χ0) is 20.7. The molecule has 2 saturated heterocycles. The highest BCUT2D eigenvalue weighted by Crippen LogP contribution is 2.27. The van der Waals surface area contributed by atoms with Gasteiger partial charge >= 0.3 is 0 Å². The Kier molecular flexibility index (Phi) is 4.86. The number of hydrogen-bond donors (Lipinski definition) is 0. The van der Waals surface area contributed by atoms with Crippen LogP contribution in [0.1, 0.15) is 18.7 Å². The third-order valence-corrected chi connectivity index (χ3v) is 6.22. The Morgan fingerprint density at radius 3 is 2.53 bits per heavy atom. The minimum Gasteiger partial charge on any atom is -0.353 e. The van der Waals surface area contributed by atoms with Crippen LogP contribution in [0.15, 0.2) is 36.5 Å². The van der Waals surface area contributed by atoms with Crippen molar-refractivity contribution in [3.8, 4) is 0 Å². The minimum absolute atomic E-state index is 0.0355. The molecular weight excluding hydrogens is 378 g/mol. The number of fused-ring (bicyclic) bond motifs is 1. The predicted octanol–water partition coefficient (Wildman–Crippen LogP) is 1.99. The Hall–Kier alpha value is -3.00. The topological polar surface area (TPSA) is 70.4 Å². The number of piperidine rings is 1. The number of nitrogens with zero attached hydrogens (tertiary/aromatic N) is 7. The maximum atomic E-state index is 13.2. The van der Waals surface area contributed by atoms with Gasteiger partial charge in [-0.2, -0.15) is 5.10 Å². The molecule has 156 valence electrons. The molecule has 0 saturated carbocycles. The molecule has 30 heavy (non-hydrogen) atoms. The van der Waals surface area contributed by atoms with Gasteiger partial charge < -0.3 is 9.80 Å². The number of amides is 1. The molecule has 1 atom stereocenters. The largest absolute Gasteiger partial charge is 0.353 e. The van der Waals surface area contributed by atoms with Crippen LogP contribution in [-0.4, -0.2) is 69.3 Å². The van der Waals surface area contributed by atoms with Gasteiger partial charge in [-0.3, -0.25) is 14.4 Å². The molecule has 5 rings (SSSR count). The highest BCUT2D eigenvalue weighted by molar-refractivity contribution is 5.98. The number of carbonyl (C=O) groups excluding carboxylic acids is 1. The third kappa shape index (κ3) is 3.31. The van der Waals surface area contributed by atoms with E-state index in [0.29, 0.717) is 0 Å². The summed E-state index contributed by atoms with van der Waals surface area (Å²) in [4.78, 5) is 29.1. The quantitative estimate of drug-likeness (QED) is 0.664. The van der Waals surface area contributed by atoms with Crippen molar-refractivity contribution in [3.63, 3.8) is 0 Å². The zero-order valence-corrected chi connectivity index (χ0v) is 17.5. The van der Waals surface area contributed by atoms with Gasteiger partial charge in [0.15, 0.2) is 5.65 Å². The monoisotopic (exact) mass is 405 g/mol. The number of piperazine rings is 1. The van der Waals surface area contributed by atoms with Crippen LogP contribution in [0.5, 0.6) is 0 Å². The van der Waals surface area contributed by atoms with Crippen LogP contribution in [0.4, 0.5) is 11.5 Å². The van der Waals surface area contributed by atoms with Crippen molar-refractivity contribution in [2.75, 3.05) is 42.5 Å². The lowest BCUT2D eigenvalue weighted by Gasteiger charge is -2.42. The second-order valence-electron chi connectivity index (χ2n) is 8.11. The van der Waals surface area contributed by atoms with E-state index in [1.54, 1.807) is 4.68 Å². The van der Waals surface area contributed by atoms with Crippen molar-refractivity contribution in [2.24, 2.45) is 7.05 Å². The van der Waals surface area contributed by atoms with E-state index in [-0.39, 0.29) is 11.9 Å². The van der Waals surface area contributed by atoms with Gasteiger partial charge in [0.05, 0.1) is 17.6 Å². The number of carbonyl (C=O) groups is 1. The van der Waals surface area contributed by atoms with Gasteiger partial charge in [-0.15, -0.1) is 0 Å². The van der Waals surface area contributed by atoms with Crippen molar-refractivity contribution in [1.29, 1.82) is 0 Å². The first kappa shape index (κ1) is 19.0. The fourth-order valence-electron chi connectivity index (χ4n) is 4.66. The summed E-state index contributed by atoms with van der Waals surface area (Å²) < 4.78 is 1.79. The second kappa shape index (κ2) is 7.68. The van der Waals surface area contributed by atoms with Crippen molar-refractivity contribution < 1.29 is 4.79 Å². The van der Waals surface area contributed by atoms with E-state index in [4.69, 9.17) is 4.98 Å². The zero-order valence-electron chi connectivity index (χ0n) is 17.5. The van der Waals surface area contributed by atoms with Gasteiger partial charge in [-0.1, -0.05) is 18.2 Å². The maximum Gasteiger partial charge on any atom is 0.244 e. The molecule has 2 fully saturated rings. The maximum absolute atomic E-state index is 13.2. The molecule has 3 aromatic rings. The Bertz CT molecular complexity index is 1060. The third-order valence-electron chi connectivity index (χ3n) is 6.22. The Labute approximate surface area is 176 Å². The van der Waals surface area contributed by atoms with E-state index in [0.717, 1.165) is 73.9 Å². The second-order valence-corrected chi connectivity index (χ2v) is 8.11. The van der Waals surface area contributed by atoms with Gasteiger partial charge in [0.1, 0.15) is 11.6 Å². The fourth-order valence-corrected chi connectivity index (χ4v) is 4.66. The Morgan fingerprint density at radius 2 is 1.77 bits per heavy atom. The number of aromatic nitrogens is 4. The first-order valence-electron chi connectivity index (χ1n) is 10.6. The van der Waals surface area contributed by atoms with E-state index in [1.165, 1.54) is 0 Å². The number of hydrogen-bond acceptors (Lipinski definition) is 6. The smallest absolute Gasteiger partial charge is 0.244 e. The molecule has 1 unspecified atom stereocenters. The molecule has 2 aromatic heterocycles. The van der Waals surface area contributed by atoms with E-state index in [2.05, 4.69) is 19.9 Å². The molecule has 8 heteroatoms. The molecule has 2 aliphatic rings. The van der Waals surface area contributed by atoms with Crippen LogP contribution in [0.3, 0.4) is 0 Å². The minimum atomic E-state index is -0.0355. The number of anilines is 2. The number of aryl methyl sites for hydroxylation is 2. The average Bonchev–Trinajstić information content (AvgIpc) is 3.15. The van der Waals surface area contributed by atoms with Crippen LogP contribution < -0.4 is 9.80 Å². The van der Waals surface area contributed by atoms with E-state index in [1.807, 2.05) is 55.4 Å². The summed E-state index contributed by atoms with van der Waals surface area (Å²) in [5.41, 5.74) is 1.86. The van der Waals surface area contributed by atoms with Gasteiger partial charge in [0, 0.05) is 45.5 Å². The van der Waals surface area contributed by atoms with Gasteiger partial charge in [-0.05, 0) is 31.9 Å². The first-order chi connectivity index (χ1) is 14.6. The van der Waals surface area contributed by atoms with Crippen LogP contribution in [0.25, 0.3) is 11.0 Å². The Balaban J connectivity index is 1.31. The summed E-state index contributed by atoms with van der Waals surface area (Å²) in [7, 11) is 1.91. The average molecular weight is 406 g/mol. The molecular formula is C22H27N7O. The van der Waals surface area contributed by atoms with Crippen LogP contribution in [-0.2, 0) is 11.8 Å². The number of rotatable bonds is 3. The van der Waals surface area contributed by atoms with E-state index < -0.39 is 0 Å². The molecule has 0 spiro atoms. The van der Waals surface area contributed by atoms with Crippen LogP contribution in [0, 0.1) is 6.92 Å². The van der Waals surface area contributed by atoms with Crippen molar-refractivity contribution in [3.05, 3.63) is 42.4 Å². The predicted molar refractivity (Wildman–Crippen MR) is 117 cm³/mol. The summed E-state index contributed by atoms with van der Waals surface area (Å²) in [6.07, 6.45) is 3.81. The standard InChI is InChI=1S/C22H27N7O/c1-16-24-20-18(15-23-26(20)2)21(25-16)28-13-11-27(12-14-28)19-9-6-10-29(22(19)30)17-7-4-3-5-8-17/h3-5,7-8,15,19H,6,9-14H2,1-2H3. The SMILES string of the molecule is Cc1nc(N2CCN(C3CCCN(c4ccccc4)C3=O)CC2)c2cnn(C)c2n1. The highest BCUT2D eigenvalue weighted by atomic mass is 16.2. The summed E-state index contributed by atoms with van der Waals surface area (Å²) in [6, 6.07) is 9.99. The van der Waals surface area contributed by atoms with Crippen LogP contribution in [0.2, 0.25) is 0 Å². The molecule has 4 heterocycles. The van der Waals surface area contributed by atoms with Crippen LogP contribution >= 0.6 is 0 Å². The fraction of sp³-hybridized carbons (Fsp3) is 0.455. The molecule has 0 N–H and O–H groups in total. The van der Waals surface area contributed by atoms with E-state index in [9.17, 15) is 4.79 Å². The lowest BCUT2D eigenvalue weighted by molar-refractivity contribution is -0.125. The van der Waals surface area contributed by atoms with Gasteiger partial charge in [0.25, 0.3) is 0 Å². The molecule has 0 aliphatic carbocycles. The van der Waals surface area contributed by atoms with Crippen molar-refractivity contribution in [1.82, 2.24) is 24.6 Å². The lowest BCUT2D eigenvalue weighted by atomic mass is 10.0. The summed E-state index contributed by atoms with van der Waals surface area (Å²) in [5.74, 6) is 1.93. The normalized spacial score (nSPS) is 20.9. The molecule has 1 aromatic carbocycles. The van der Waals surface area contributed by atoms with E-state index >= 15 is 0 Å². The molecule has 0 radical (unpaired) electrons. The number of para-hydroxylation sites is 1. The summed E-state index contributed by atoms with van der Waals surface area (Å²) >= 11 is 0. The van der Waals surface area contributed by atoms with Gasteiger partial charge in [-0.25, -0.2) is 9.97 Å². The summed E-state index contributed by atoms with van der Waals surface area (Å²) in [6.45, 7) is 6.11. The lowest BCUT2D eigenvalue weighted by Crippen LogP contribution is -2.58. The molecule has 8 nitrogen and oxygen atoms in total. The van der Waals surface area contributed by atoms with Gasteiger partial charge in [0.2, 0.25) is 5.91 Å². The molecule has 0 bridgehead atoms. The van der Waals surface area contributed by atoms with Crippen molar-refractivity contribution in [2.45, 2.75) is 25.8 Å². The highest BCUT2D eigenvalue weighted by Gasteiger charge is 2.35. The number of benzene rings is 1. The molecule has 1 amide bonds.